The zero-order valence-corrected chi connectivity index (χ0v) is 9.18. The van der Waals surface area contributed by atoms with Gasteiger partial charge in [0.25, 0.3) is 0 Å². The summed E-state index contributed by atoms with van der Waals surface area (Å²) < 4.78 is 9.55. The van der Waals surface area contributed by atoms with Gasteiger partial charge in [0.05, 0.1) is 12.6 Å². The van der Waals surface area contributed by atoms with Crippen LogP contribution in [0.5, 0.6) is 0 Å². The van der Waals surface area contributed by atoms with Crippen molar-refractivity contribution in [2.24, 2.45) is 5.10 Å². The molecular formula is C10H9N3O5. The number of nitrogens with zero attached hydrogens (tertiary/aromatic N) is 3. The highest BCUT2D eigenvalue weighted by atomic mass is 16.6. The molecule has 1 fully saturated rings. The van der Waals surface area contributed by atoms with Crippen LogP contribution >= 0.6 is 0 Å². The summed E-state index contributed by atoms with van der Waals surface area (Å²) in [6.45, 7) is 0.736. The monoisotopic (exact) mass is 251 g/mol. The van der Waals surface area contributed by atoms with E-state index in [1.165, 1.54) is 35.5 Å². The summed E-state index contributed by atoms with van der Waals surface area (Å²) in [5.41, 5.74) is 0. The smallest absolute Gasteiger partial charge is 0.433 e. The predicted octanol–water partition coefficient (Wildman–Crippen LogP) is 1.64. The summed E-state index contributed by atoms with van der Waals surface area (Å²) in [4.78, 5) is 20.7. The molecule has 0 spiro atoms. The highest BCUT2D eigenvalue weighted by molar-refractivity contribution is 5.79. The van der Waals surface area contributed by atoms with Crippen molar-refractivity contribution in [2.75, 3.05) is 13.2 Å². The minimum absolute atomic E-state index is 0.324. The fourth-order valence-corrected chi connectivity index (χ4v) is 1.28. The van der Waals surface area contributed by atoms with Crippen molar-refractivity contribution in [1.82, 2.24) is 5.01 Å². The maximum Gasteiger partial charge on any atom is 0.433 e. The Balaban J connectivity index is 1.92. The third-order valence-electron chi connectivity index (χ3n) is 2.08. The number of hydrogen-bond donors (Lipinski definition) is 0. The molecule has 0 unspecified atom stereocenters. The third kappa shape index (κ3) is 2.73. The Morgan fingerprint density at radius 1 is 1.50 bits per heavy atom. The average Bonchev–Trinajstić information content (AvgIpc) is 2.94. The highest BCUT2D eigenvalue weighted by Gasteiger charge is 2.20. The minimum Gasteiger partial charge on any atom is -0.446 e. The van der Waals surface area contributed by atoms with E-state index in [0.717, 1.165) is 0 Å². The van der Waals surface area contributed by atoms with Gasteiger partial charge >= 0.3 is 12.0 Å². The SMILES string of the molecule is O=C1OCCN1N=CC=Cc1ccc([N+](=O)[O-])o1. The van der Waals surface area contributed by atoms with Gasteiger partial charge in [-0.25, -0.2) is 4.79 Å². The molecule has 0 N–H and O–H groups in total. The molecule has 0 radical (unpaired) electrons. The van der Waals surface area contributed by atoms with Crippen LogP contribution in [-0.4, -0.2) is 35.4 Å². The van der Waals surface area contributed by atoms with Gasteiger partial charge in [0.15, 0.2) is 0 Å². The number of hydrogen-bond acceptors (Lipinski definition) is 6. The van der Waals surface area contributed by atoms with E-state index in [1.54, 1.807) is 0 Å². The Hall–Kier alpha value is -2.64. The third-order valence-corrected chi connectivity index (χ3v) is 2.08. The zero-order chi connectivity index (χ0) is 13.0. The maximum absolute atomic E-state index is 11.0. The Morgan fingerprint density at radius 3 is 2.94 bits per heavy atom. The van der Waals surface area contributed by atoms with Gasteiger partial charge < -0.3 is 9.15 Å². The van der Waals surface area contributed by atoms with Gasteiger partial charge in [-0.3, -0.25) is 10.1 Å². The maximum atomic E-state index is 11.0. The van der Waals surface area contributed by atoms with Crippen LogP contribution in [0.1, 0.15) is 5.76 Å². The lowest BCUT2D eigenvalue weighted by Crippen LogP contribution is -2.17. The van der Waals surface area contributed by atoms with E-state index in [4.69, 9.17) is 4.42 Å². The number of nitro groups is 1. The number of hydrazone groups is 1. The first-order chi connectivity index (χ1) is 8.66. The fourth-order valence-electron chi connectivity index (χ4n) is 1.28. The highest BCUT2D eigenvalue weighted by Crippen LogP contribution is 2.16. The lowest BCUT2D eigenvalue weighted by molar-refractivity contribution is -0.402. The molecule has 1 saturated heterocycles. The molecule has 1 aliphatic rings. The van der Waals surface area contributed by atoms with E-state index in [9.17, 15) is 14.9 Å². The number of cyclic esters (lactones) is 1. The summed E-state index contributed by atoms with van der Waals surface area (Å²) in [6, 6.07) is 2.72. The Bertz CT molecular complexity index is 519. The Kier molecular flexibility index (Phi) is 3.37. The molecule has 1 amide bonds. The second-order valence-corrected chi connectivity index (χ2v) is 3.29. The molecule has 18 heavy (non-hydrogen) atoms. The number of rotatable bonds is 4. The van der Waals surface area contributed by atoms with Gasteiger partial charge in [-0.15, -0.1) is 0 Å². The molecule has 0 saturated carbocycles. The summed E-state index contributed by atoms with van der Waals surface area (Å²) in [6.07, 6.45) is 3.89. The van der Waals surface area contributed by atoms with Gasteiger partial charge in [0, 0.05) is 6.21 Å². The normalized spacial score (nSPS) is 15.8. The molecule has 1 aromatic heterocycles. The van der Waals surface area contributed by atoms with E-state index in [0.29, 0.717) is 18.9 Å². The van der Waals surface area contributed by atoms with Gasteiger partial charge in [0.1, 0.15) is 17.3 Å². The molecule has 2 rings (SSSR count). The van der Waals surface area contributed by atoms with Crippen molar-refractivity contribution in [2.45, 2.75) is 0 Å². The largest absolute Gasteiger partial charge is 0.446 e. The molecule has 8 heteroatoms. The summed E-state index contributed by atoms with van der Waals surface area (Å²) >= 11 is 0. The molecule has 0 atom stereocenters. The molecular weight excluding hydrogens is 242 g/mol. The van der Waals surface area contributed by atoms with Crippen LogP contribution in [0.25, 0.3) is 6.08 Å². The zero-order valence-electron chi connectivity index (χ0n) is 9.18. The lowest BCUT2D eigenvalue weighted by Gasteiger charge is -2.01. The first kappa shape index (κ1) is 11.8. The molecule has 2 heterocycles. The second-order valence-electron chi connectivity index (χ2n) is 3.29. The Morgan fingerprint density at radius 2 is 2.33 bits per heavy atom. The van der Waals surface area contributed by atoms with Crippen LogP contribution in [0.15, 0.2) is 27.7 Å². The van der Waals surface area contributed by atoms with Crippen molar-refractivity contribution in [3.05, 3.63) is 34.1 Å². The molecule has 1 aliphatic heterocycles. The number of amides is 1. The first-order valence-electron chi connectivity index (χ1n) is 5.06. The number of carbonyl (C=O) groups is 1. The average molecular weight is 251 g/mol. The van der Waals surface area contributed by atoms with Crippen molar-refractivity contribution in [3.8, 4) is 0 Å². The molecule has 0 bridgehead atoms. The van der Waals surface area contributed by atoms with E-state index in [1.807, 2.05) is 0 Å². The molecule has 8 nitrogen and oxygen atoms in total. The van der Waals surface area contributed by atoms with Gasteiger partial charge in [-0.1, -0.05) is 0 Å². The number of allylic oxidation sites excluding steroid dienone is 1. The van der Waals surface area contributed by atoms with Crippen molar-refractivity contribution in [1.29, 1.82) is 0 Å². The van der Waals surface area contributed by atoms with E-state index >= 15 is 0 Å². The summed E-state index contributed by atoms with van der Waals surface area (Å²) in [7, 11) is 0. The minimum atomic E-state index is -0.619. The first-order valence-corrected chi connectivity index (χ1v) is 5.06. The quantitative estimate of drug-likeness (QED) is 0.460. The van der Waals surface area contributed by atoms with Crippen LogP contribution in [0.4, 0.5) is 10.7 Å². The molecule has 94 valence electrons. The number of furan rings is 1. The van der Waals surface area contributed by atoms with Gasteiger partial charge in [-0.2, -0.15) is 10.1 Å². The Labute approximate surface area is 101 Å². The predicted molar refractivity (Wildman–Crippen MR) is 60.9 cm³/mol. The van der Waals surface area contributed by atoms with Crippen LogP contribution in [0.2, 0.25) is 0 Å². The van der Waals surface area contributed by atoms with Gasteiger partial charge in [0.2, 0.25) is 0 Å². The van der Waals surface area contributed by atoms with E-state index in [-0.39, 0.29) is 5.88 Å². The number of carbonyl (C=O) groups excluding carboxylic acids is 1. The topological polar surface area (TPSA) is 98.2 Å². The fraction of sp³-hybridized carbons (Fsp3) is 0.200. The van der Waals surface area contributed by atoms with Crippen LogP contribution in [-0.2, 0) is 4.74 Å². The molecule has 0 aliphatic carbocycles. The van der Waals surface area contributed by atoms with Crippen LogP contribution in [0.3, 0.4) is 0 Å². The van der Waals surface area contributed by atoms with Crippen LogP contribution in [0, 0.1) is 10.1 Å². The van der Waals surface area contributed by atoms with Crippen molar-refractivity contribution < 1.29 is 18.9 Å². The van der Waals surface area contributed by atoms with Crippen LogP contribution < -0.4 is 0 Å². The van der Waals surface area contributed by atoms with Crippen molar-refractivity contribution in [3.63, 3.8) is 0 Å². The number of ether oxygens (including phenoxy) is 1. The van der Waals surface area contributed by atoms with E-state index < -0.39 is 11.0 Å². The standard InChI is InChI=1S/C10H9N3O5/c14-10-12(6-7-17-10)11-5-1-2-8-3-4-9(18-8)13(15)16/h1-5H,6-7H2. The second kappa shape index (κ2) is 5.13. The van der Waals surface area contributed by atoms with Gasteiger partial charge in [-0.05, 0) is 18.2 Å². The summed E-state index contributed by atoms with van der Waals surface area (Å²) in [5.74, 6) is 0.00635. The van der Waals surface area contributed by atoms with E-state index in [2.05, 4.69) is 9.84 Å². The molecule has 1 aromatic rings. The molecule has 0 aromatic carbocycles. The lowest BCUT2D eigenvalue weighted by atomic mass is 10.4. The summed E-state index contributed by atoms with van der Waals surface area (Å²) in [5, 5.41) is 15.4. The van der Waals surface area contributed by atoms with Crippen molar-refractivity contribution >= 4 is 24.3 Å².